The third-order valence-corrected chi connectivity index (χ3v) is 15.7. The van der Waals surface area contributed by atoms with Gasteiger partial charge in [-0.2, -0.15) is 0 Å². The van der Waals surface area contributed by atoms with Gasteiger partial charge in [-0.25, -0.2) is 48.1 Å². The number of likely N-dealkylation sites (N-methyl/N-ethyl adjacent to an activating group) is 4. The molecular formula is C59H124N7O22P4S6+. The van der Waals surface area contributed by atoms with Gasteiger partial charge in [0.25, 0.3) is 0 Å². The van der Waals surface area contributed by atoms with Gasteiger partial charge in [0.2, 0.25) is 11.8 Å². The maximum atomic E-state index is 11.2. The number of nitrogens with one attached hydrogen (secondary N) is 2. The summed E-state index contributed by atoms with van der Waals surface area (Å²) in [6.45, 7) is 33.5. The SMILES string of the molecule is C.C.C=C(C)C(=O)NCCC[N+](C)(C)CC(O)CS(=O)(=O)[O-].C=C(C)C(=O)NCCC[N+](C)(C)CCCS(=O)(=O)[O-].C=C(C)C(=O)OCC[N+](C)(C)CC(O)CS(=O)(=O)[O-].C=C(C)C(=O)OCC[N+](C)(C)CCCS(=O)(=O)[O-].C=CC(=O)OCC[N+](C)(C)CCCC.P=S=P.PP=S. The molecule has 4 N–H and O–H groups in total. The Morgan fingerprint density at radius 1 is 0.520 bits per heavy atom. The predicted octanol–water partition coefficient (Wildman–Crippen LogP) is 3.57. The van der Waals surface area contributed by atoms with Crippen LogP contribution in [0.1, 0.15) is 88.0 Å². The van der Waals surface area contributed by atoms with E-state index in [2.05, 4.69) is 101 Å². The lowest BCUT2D eigenvalue weighted by atomic mass is 10.2. The number of hydrogen-bond donors (Lipinski definition) is 4. The number of ether oxygens (including phenoxy) is 3. The van der Waals surface area contributed by atoms with Crippen molar-refractivity contribution >= 4 is 124 Å². The van der Waals surface area contributed by atoms with Gasteiger partial charge in [0.15, 0.2) is 0 Å². The number of nitrogens with zero attached hydrogens (tertiary/aromatic N) is 5. The molecule has 0 heterocycles. The Bertz CT molecular complexity index is 2900. The molecule has 0 aromatic heterocycles. The third-order valence-electron chi connectivity index (χ3n) is 12.5. The van der Waals surface area contributed by atoms with Crippen molar-refractivity contribution in [3.05, 3.63) is 61.3 Å². The van der Waals surface area contributed by atoms with E-state index < -0.39 is 76.1 Å². The number of rotatable bonds is 41. The Morgan fingerprint density at radius 2 is 0.776 bits per heavy atom. The van der Waals surface area contributed by atoms with Gasteiger partial charge in [-0.3, -0.25) is 9.59 Å². The summed E-state index contributed by atoms with van der Waals surface area (Å²) >= 11 is 4.33. The second kappa shape index (κ2) is 59.6. The van der Waals surface area contributed by atoms with E-state index in [9.17, 15) is 86.1 Å². The molecule has 0 aromatic carbocycles. The van der Waals surface area contributed by atoms with Crippen LogP contribution in [0.4, 0.5) is 0 Å². The van der Waals surface area contributed by atoms with Gasteiger partial charge in [0, 0.05) is 78.6 Å². The lowest BCUT2D eigenvalue weighted by molar-refractivity contribution is -0.893. The number of quaternary nitrogens is 5. The highest BCUT2D eigenvalue weighted by atomic mass is 32.7. The van der Waals surface area contributed by atoms with Crippen LogP contribution in [0.15, 0.2) is 61.3 Å². The quantitative estimate of drug-likeness (QED) is 0.0129. The van der Waals surface area contributed by atoms with Crippen molar-refractivity contribution in [3.63, 3.8) is 0 Å². The second-order valence-corrected chi connectivity index (χ2v) is 36.7. The molecule has 0 bridgehead atoms. The summed E-state index contributed by atoms with van der Waals surface area (Å²) in [5.41, 5.74) is 1.56. The first-order chi connectivity index (χ1) is 43.3. The number of unbranched alkanes of at least 4 members (excludes halogenated alkanes) is 1. The molecule has 3 unspecified atom stereocenters. The van der Waals surface area contributed by atoms with Crippen LogP contribution in [0, 0.1) is 0 Å². The Balaban J connectivity index is -0.000000141. The van der Waals surface area contributed by atoms with Crippen molar-refractivity contribution in [2.45, 2.75) is 100 Å². The summed E-state index contributed by atoms with van der Waals surface area (Å²) in [4.78, 5) is 55.5. The van der Waals surface area contributed by atoms with Crippen LogP contribution < -0.4 is 10.6 Å². The van der Waals surface area contributed by atoms with Crippen LogP contribution in [0.2, 0.25) is 0 Å². The number of carbonyl (C=O) groups is 5. The zero-order chi connectivity index (χ0) is 77.2. The summed E-state index contributed by atoms with van der Waals surface area (Å²) in [6, 6.07) is 0. The van der Waals surface area contributed by atoms with E-state index in [1.54, 1.807) is 34.9 Å². The predicted molar refractivity (Wildman–Crippen MR) is 403 cm³/mol. The van der Waals surface area contributed by atoms with Crippen molar-refractivity contribution in [2.75, 3.05) is 192 Å². The van der Waals surface area contributed by atoms with E-state index >= 15 is 0 Å². The fourth-order valence-electron chi connectivity index (χ4n) is 7.35. The first-order valence-corrected chi connectivity index (χ1v) is 42.9. The highest BCUT2D eigenvalue weighted by molar-refractivity contribution is 8.24. The molecule has 0 aliphatic heterocycles. The van der Waals surface area contributed by atoms with Crippen LogP contribution in [-0.4, -0.2) is 318 Å². The van der Waals surface area contributed by atoms with Gasteiger partial charge < -0.3 is 75.7 Å². The first-order valence-electron chi connectivity index (χ1n) is 29.8. The summed E-state index contributed by atoms with van der Waals surface area (Å²) in [7, 11) is 12.6. The minimum Gasteiger partial charge on any atom is -0.748 e. The summed E-state index contributed by atoms with van der Waals surface area (Å²) in [6.07, 6.45) is 3.30. The molecule has 0 aliphatic carbocycles. The molecule has 0 saturated heterocycles. The summed E-state index contributed by atoms with van der Waals surface area (Å²) in [5.74, 6) is -3.89. The maximum Gasteiger partial charge on any atom is 0.333 e. The number of hydrogen-bond acceptors (Lipinski definition) is 23. The zero-order valence-corrected chi connectivity index (χ0v) is 68.2. The Hall–Kier alpha value is -2.82. The topological polar surface area (TPSA) is 406 Å². The van der Waals surface area contributed by atoms with Gasteiger partial charge in [0.05, 0.1) is 155 Å². The molecule has 0 spiro atoms. The minimum atomic E-state index is -4.45. The minimum absolute atomic E-state index is 0. The van der Waals surface area contributed by atoms with Crippen LogP contribution in [0.5, 0.6) is 0 Å². The molecular weight excluding hydrogens is 1470 g/mol. The van der Waals surface area contributed by atoms with Crippen molar-refractivity contribution in [1.29, 1.82) is 0 Å². The molecule has 582 valence electrons. The number of aliphatic hydroxyl groups is 2. The lowest BCUT2D eigenvalue weighted by Crippen LogP contribution is -2.49. The second-order valence-electron chi connectivity index (χ2n) is 25.4. The molecule has 98 heavy (non-hydrogen) atoms. The highest BCUT2D eigenvalue weighted by Crippen LogP contribution is 2.08. The zero-order valence-electron chi connectivity index (χ0n) is 59.2. The number of esters is 3. The van der Waals surface area contributed by atoms with Crippen LogP contribution >= 0.6 is 32.0 Å². The fourth-order valence-corrected chi connectivity index (χ4v) is 9.47. The van der Waals surface area contributed by atoms with Gasteiger partial charge in [0.1, 0.15) is 64.8 Å². The normalized spacial score (nSPS) is 12.1. The van der Waals surface area contributed by atoms with Crippen LogP contribution in [0.25, 0.3) is 0 Å². The van der Waals surface area contributed by atoms with Gasteiger partial charge in [-0.1, -0.05) is 97.9 Å². The monoisotopic (exact) mass is 1600 g/mol. The number of amides is 2. The van der Waals surface area contributed by atoms with E-state index in [1.807, 2.05) is 42.3 Å². The molecule has 39 heteroatoms. The maximum absolute atomic E-state index is 11.2. The number of carbonyl (C=O) groups excluding carboxylic acids is 5. The first kappa shape index (κ1) is 114. The Morgan fingerprint density at radius 3 is 1.04 bits per heavy atom. The van der Waals surface area contributed by atoms with E-state index in [-0.39, 0.29) is 74.9 Å². The lowest BCUT2D eigenvalue weighted by Gasteiger charge is -2.32. The average molecular weight is 1600 g/mol. The molecule has 2 amide bonds. The van der Waals surface area contributed by atoms with E-state index in [0.29, 0.717) is 107 Å². The van der Waals surface area contributed by atoms with Gasteiger partial charge >= 0.3 is 17.9 Å². The van der Waals surface area contributed by atoms with Crippen molar-refractivity contribution in [3.8, 4) is 0 Å². The standard InChI is InChI=1S/C12H24N2O5S.C12H24N2O4S.C11H21NO6S.C11H21NO5S.C11H22NO2.2CH4.2H2P2S/c1-10(2)12(16)13-6-5-7-14(3,4)8-11(15)9-20(17,18)19;1-11(2)12(15)13-7-5-8-14(3,4)9-6-10-19(16,17)18;1-9(2)11(14)18-6-5-12(3,4)7-10(13)8-19(15,16)17;1-10(2)11(13)17-8-7-12(3,4)6-5-9-18(14,15)16;1-5-7-8-12(3,4)9-10-14-11(13)6-2;;;1-3-2;1-2-3/h11,15H,1,5-9H2,2-4H3,(H-,13,16,17,18,19);1,5-10H2,2-4H3,(H-,13,15,16,17,18);10,13H,1,5-8H2,2-4H3;1,5-9H2,2-4H3;6H,2,5,7-10H2,1,3-4H3;2*1H4;1-2H;1H2/q;;;;+1;;;;. The summed E-state index contributed by atoms with van der Waals surface area (Å²) < 4.78 is 143. The Kier molecular flexibility index (Phi) is 69.1. The van der Waals surface area contributed by atoms with E-state index in [1.165, 1.54) is 36.0 Å². The van der Waals surface area contributed by atoms with Crippen LogP contribution in [0.3, 0.4) is 0 Å². The summed E-state index contributed by atoms with van der Waals surface area (Å²) in [5, 5.41) is 24.5. The van der Waals surface area contributed by atoms with Gasteiger partial charge in [-0.05, 0) is 41.2 Å². The molecule has 3 atom stereocenters. The van der Waals surface area contributed by atoms with Crippen LogP contribution in [-0.2, 0) is 101 Å². The van der Waals surface area contributed by atoms with Crippen molar-refractivity contribution in [2.24, 2.45) is 0 Å². The highest BCUT2D eigenvalue weighted by Gasteiger charge is 2.25. The smallest absolute Gasteiger partial charge is 0.333 e. The molecule has 0 fully saturated rings. The van der Waals surface area contributed by atoms with E-state index in [0.717, 1.165) is 37.6 Å². The molecule has 0 aromatic rings. The third kappa shape index (κ3) is 91.2. The average Bonchev–Trinajstić information content (AvgIpc) is 0.912. The fraction of sp³-hybridized carbons (Fsp3) is 0.746. The van der Waals surface area contributed by atoms with Gasteiger partial charge in [-0.15, -0.1) is 10.1 Å². The van der Waals surface area contributed by atoms with Crippen molar-refractivity contribution < 1.29 is 123 Å². The van der Waals surface area contributed by atoms with Crippen molar-refractivity contribution in [1.82, 2.24) is 10.6 Å². The molecule has 29 nitrogen and oxygen atoms in total. The number of aliphatic hydroxyl groups excluding tert-OH is 2. The Labute approximate surface area is 606 Å². The molecule has 0 aliphatic rings. The molecule has 0 radical (unpaired) electrons. The largest absolute Gasteiger partial charge is 0.748 e. The molecule has 0 rings (SSSR count). The molecule has 0 saturated carbocycles. The van der Waals surface area contributed by atoms with E-state index in [4.69, 9.17) is 14.2 Å².